The Labute approximate surface area is 277 Å². The van der Waals surface area contributed by atoms with Gasteiger partial charge in [-0.3, -0.25) is 0 Å². The van der Waals surface area contributed by atoms with Crippen LogP contribution in [0.25, 0.3) is 11.0 Å². The molecular formula is C39H41BrNO3P. The van der Waals surface area contributed by atoms with Crippen molar-refractivity contribution in [2.45, 2.75) is 58.0 Å². The second-order valence-electron chi connectivity index (χ2n) is 12.3. The van der Waals surface area contributed by atoms with E-state index in [0.717, 1.165) is 75.1 Å². The molecule has 1 aromatic heterocycles. The lowest BCUT2D eigenvalue weighted by Gasteiger charge is -2.37. The summed E-state index contributed by atoms with van der Waals surface area (Å²) in [6.45, 7) is 2.01. The Morgan fingerprint density at radius 3 is 1.89 bits per heavy atom. The van der Waals surface area contributed by atoms with Crippen LogP contribution in [0.2, 0.25) is 0 Å². The van der Waals surface area contributed by atoms with Gasteiger partial charge in [-0.05, 0) is 105 Å². The smallest absolute Gasteiger partial charge is 0.339 e. The van der Waals surface area contributed by atoms with Crippen molar-refractivity contribution in [3.05, 3.63) is 130 Å². The van der Waals surface area contributed by atoms with Gasteiger partial charge in [0, 0.05) is 35.3 Å². The van der Waals surface area contributed by atoms with Gasteiger partial charge in [-0.25, -0.2) is 4.79 Å². The number of aliphatic hydroxyl groups excluding tert-OH is 1. The van der Waals surface area contributed by atoms with Gasteiger partial charge in [-0.1, -0.05) is 54.6 Å². The Kier molecular flexibility index (Phi) is 9.90. The zero-order valence-electron chi connectivity index (χ0n) is 25.8. The first-order valence-corrected chi connectivity index (χ1v) is 18.2. The highest BCUT2D eigenvalue weighted by atomic mass is 79.9. The van der Waals surface area contributed by atoms with E-state index >= 15 is 0 Å². The Morgan fingerprint density at radius 1 is 0.733 bits per heavy atom. The van der Waals surface area contributed by atoms with Crippen molar-refractivity contribution < 1.29 is 26.5 Å². The van der Waals surface area contributed by atoms with E-state index in [1.807, 2.05) is 0 Å². The average Bonchev–Trinajstić information content (AvgIpc) is 3.08. The van der Waals surface area contributed by atoms with Gasteiger partial charge in [0.15, 0.2) is 0 Å². The third-order valence-corrected chi connectivity index (χ3v) is 14.3. The molecule has 2 aliphatic heterocycles. The van der Waals surface area contributed by atoms with Crippen molar-refractivity contribution in [1.29, 1.82) is 0 Å². The van der Waals surface area contributed by atoms with Crippen LogP contribution in [0.4, 0.5) is 5.69 Å². The molecule has 232 valence electrons. The third-order valence-electron chi connectivity index (χ3n) is 9.77. The van der Waals surface area contributed by atoms with Crippen LogP contribution in [0.5, 0.6) is 0 Å². The quantitative estimate of drug-likeness (QED) is 0.139. The molecule has 4 nitrogen and oxygen atoms in total. The third kappa shape index (κ3) is 5.91. The minimum absolute atomic E-state index is 0. The number of hydrogen-bond donors (Lipinski definition) is 1. The minimum atomic E-state index is -1.87. The van der Waals surface area contributed by atoms with Crippen LogP contribution in [0.15, 0.2) is 106 Å². The minimum Gasteiger partial charge on any atom is -1.00 e. The molecule has 0 aliphatic carbocycles. The van der Waals surface area contributed by atoms with Crippen molar-refractivity contribution in [3.8, 4) is 0 Å². The summed E-state index contributed by atoms with van der Waals surface area (Å²) in [7, 11) is -1.87. The van der Waals surface area contributed by atoms with Crippen molar-refractivity contribution in [3.63, 3.8) is 0 Å². The molecule has 0 amide bonds. The number of fused-ring (bicyclic) bond motifs is 2. The number of anilines is 1. The van der Waals surface area contributed by atoms with Crippen LogP contribution in [-0.2, 0) is 25.9 Å². The lowest BCUT2D eigenvalue weighted by molar-refractivity contribution is -0.0000100. The van der Waals surface area contributed by atoms with Crippen molar-refractivity contribution in [2.24, 2.45) is 0 Å². The van der Waals surface area contributed by atoms with Crippen molar-refractivity contribution >= 4 is 39.8 Å². The molecule has 4 aromatic carbocycles. The fourth-order valence-corrected chi connectivity index (χ4v) is 12.2. The number of aliphatic hydroxyl groups is 1. The lowest BCUT2D eigenvalue weighted by Crippen LogP contribution is -3.00. The molecule has 3 heterocycles. The molecule has 0 saturated carbocycles. The highest BCUT2D eigenvalue weighted by Gasteiger charge is 2.44. The molecule has 7 rings (SSSR count). The SMILES string of the molecule is O=c1oc2c3c4c(cc2c(CO)c1CCCCC[P+](c1ccccc1)(c1ccccc1)c1ccccc1)CCCN4CCC3.[Br-]. The monoisotopic (exact) mass is 681 g/mol. The van der Waals surface area contributed by atoms with Gasteiger partial charge in [0.1, 0.15) is 28.8 Å². The molecule has 0 atom stereocenters. The highest BCUT2D eigenvalue weighted by Crippen LogP contribution is 2.56. The van der Waals surface area contributed by atoms with Gasteiger partial charge in [0.2, 0.25) is 0 Å². The predicted octanol–water partition coefficient (Wildman–Crippen LogP) is 3.70. The maximum Gasteiger partial charge on any atom is 0.339 e. The van der Waals surface area contributed by atoms with Crippen molar-refractivity contribution in [2.75, 3.05) is 24.2 Å². The molecule has 5 aromatic rings. The van der Waals surface area contributed by atoms with Crippen LogP contribution >= 0.6 is 7.26 Å². The zero-order chi connectivity index (χ0) is 29.9. The Balaban J connectivity index is 0.00000357. The van der Waals surface area contributed by atoms with E-state index in [4.69, 9.17) is 4.42 Å². The molecule has 2 aliphatic rings. The highest BCUT2D eigenvalue weighted by molar-refractivity contribution is 7.95. The second-order valence-corrected chi connectivity index (χ2v) is 15.9. The number of benzene rings is 4. The van der Waals surface area contributed by atoms with Gasteiger partial charge >= 0.3 is 5.63 Å². The number of rotatable bonds is 10. The molecule has 0 fully saturated rings. The summed E-state index contributed by atoms with van der Waals surface area (Å²) >= 11 is 0. The maximum absolute atomic E-state index is 13.4. The van der Waals surface area contributed by atoms with Gasteiger partial charge in [-0.2, -0.15) is 0 Å². The zero-order valence-corrected chi connectivity index (χ0v) is 28.2. The van der Waals surface area contributed by atoms with Crippen LogP contribution in [0, 0.1) is 0 Å². The van der Waals surface area contributed by atoms with Crippen molar-refractivity contribution in [1.82, 2.24) is 0 Å². The van der Waals surface area contributed by atoms with E-state index < -0.39 is 7.26 Å². The molecular weight excluding hydrogens is 641 g/mol. The van der Waals surface area contributed by atoms with Gasteiger partial charge in [0.25, 0.3) is 0 Å². The van der Waals surface area contributed by atoms with E-state index in [1.54, 1.807) is 0 Å². The molecule has 0 bridgehead atoms. The molecule has 45 heavy (non-hydrogen) atoms. The van der Waals surface area contributed by atoms with Gasteiger partial charge in [0.05, 0.1) is 12.8 Å². The summed E-state index contributed by atoms with van der Waals surface area (Å²) in [5, 5.41) is 15.7. The molecule has 0 radical (unpaired) electrons. The largest absolute Gasteiger partial charge is 1.00 e. The Hall–Kier alpha value is -3.24. The number of halogens is 1. The van der Waals surface area contributed by atoms with E-state index in [1.165, 1.54) is 32.7 Å². The van der Waals surface area contributed by atoms with E-state index in [9.17, 15) is 9.90 Å². The predicted molar refractivity (Wildman–Crippen MR) is 185 cm³/mol. The molecule has 0 spiro atoms. The summed E-state index contributed by atoms with van der Waals surface area (Å²) < 4.78 is 6.10. The van der Waals surface area contributed by atoms with E-state index in [2.05, 4.69) is 102 Å². The Morgan fingerprint density at radius 2 is 1.31 bits per heavy atom. The maximum atomic E-state index is 13.4. The molecule has 0 unspecified atom stereocenters. The summed E-state index contributed by atoms with van der Waals surface area (Å²) in [5.74, 6) is 0. The van der Waals surface area contributed by atoms with E-state index in [-0.39, 0.29) is 29.2 Å². The number of nitrogens with zero attached hydrogens (tertiary/aromatic N) is 1. The lowest BCUT2D eigenvalue weighted by atomic mass is 9.88. The Bertz CT molecular complexity index is 1710. The normalized spacial score (nSPS) is 14.2. The topological polar surface area (TPSA) is 53.7 Å². The summed E-state index contributed by atoms with van der Waals surface area (Å²) in [6.07, 6.45) is 8.82. The van der Waals surface area contributed by atoms with Crippen LogP contribution < -0.4 is 43.4 Å². The van der Waals surface area contributed by atoms with Gasteiger partial charge in [-0.15, -0.1) is 0 Å². The fourth-order valence-electron chi connectivity index (χ4n) is 7.75. The summed E-state index contributed by atoms with van der Waals surface area (Å²) in [4.78, 5) is 15.9. The second kappa shape index (κ2) is 14.0. The summed E-state index contributed by atoms with van der Waals surface area (Å²) in [5.41, 5.74) is 5.67. The number of aryl methyl sites for hydroxylation is 2. The average molecular weight is 683 g/mol. The first kappa shape index (κ1) is 31.7. The number of hydrogen-bond acceptors (Lipinski definition) is 4. The van der Waals surface area contributed by atoms with E-state index in [0.29, 0.717) is 17.6 Å². The number of unbranched alkanes of at least 4 members (excludes halogenated alkanes) is 2. The standard InChI is InChI=1S/C39H41NO3P.BrH/c41-28-36-33(39(42)43-38-34-23-14-25-40-24-13-15-29(37(34)40)27-35(36)38)22-11-4-12-26-44(30-16-5-1-6-17-30,31-18-7-2-8-19-31)32-20-9-3-10-21-32;/h1-3,5-10,16-21,27,41H,4,11-15,22-26,28H2;1H/q+1;/p-1. The van der Waals surface area contributed by atoms with Gasteiger partial charge < -0.3 is 31.4 Å². The molecule has 6 heteroatoms. The van der Waals surface area contributed by atoms with Crippen LogP contribution in [0.3, 0.4) is 0 Å². The first-order chi connectivity index (χ1) is 21.7. The van der Waals surface area contributed by atoms with Crippen LogP contribution in [0.1, 0.15) is 54.4 Å². The fraction of sp³-hybridized carbons (Fsp3) is 0.308. The summed E-state index contributed by atoms with van der Waals surface area (Å²) in [6, 6.07) is 35.3. The first-order valence-electron chi connectivity index (χ1n) is 16.2. The molecule has 0 saturated heterocycles. The molecule has 1 N–H and O–H groups in total. The van der Waals surface area contributed by atoms with Crippen LogP contribution in [-0.4, -0.2) is 24.4 Å².